The summed E-state index contributed by atoms with van der Waals surface area (Å²) in [5.74, 6) is 0. The third-order valence-electron chi connectivity index (χ3n) is 8.37. The Morgan fingerprint density at radius 1 is 0.667 bits per heavy atom. The minimum atomic E-state index is -1.63. The smallest absolute Gasteiger partial charge is 0.187 e. The maximum absolute atomic E-state index is 11.1. The van der Waals surface area contributed by atoms with E-state index < -0.39 is 105 Å². The van der Waals surface area contributed by atoms with Crippen molar-refractivity contribution >= 4 is 0 Å². The summed E-state index contributed by atoms with van der Waals surface area (Å²) in [6.07, 6.45) is -15.4. The highest BCUT2D eigenvalue weighted by molar-refractivity contribution is 5.01. The van der Waals surface area contributed by atoms with E-state index in [1.807, 2.05) is 0 Å². The molecule has 4 rings (SSSR count). The Labute approximate surface area is 241 Å². The number of ether oxygens (including phenoxy) is 6. The van der Waals surface area contributed by atoms with Crippen molar-refractivity contribution in [3.05, 3.63) is 0 Å². The summed E-state index contributed by atoms with van der Waals surface area (Å²) in [4.78, 5) is 0. The molecule has 4 aliphatic rings. The Bertz CT molecular complexity index is 853. The molecule has 0 aromatic heterocycles. The number of hydroxylamine groups is 2. The molecule has 1 saturated carbocycles. The largest absolute Gasteiger partial charge is 0.394 e. The van der Waals surface area contributed by atoms with Gasteiger partial charge >= 0.3 is 0 Å². The molecule has 0 aromatic rings. The van der Waals surface area contributed by atoms with Gasteiger partial charge in [0.1, 0.15) is 54.9 Å². The molecule has 19 heteroatoms. The summed E-state index contributed by atoms with van der Waals surface area (Å²) < 4.78 is 35.0. The van der Waals surface area contributed by atoms with Gasteiger partial charge in [0.15, 0.2) is 18.9 Å². The van der Waals surface area contributed by atoms with Gasteiger partial charge in [-0.05, 0) is 19.3 Å². The molecule has 0 amide bonds. The zero-order valence-electron chi connectivity index (χ0n) is 23.0. The standard InChI is InChI=1S/C23H46N6O13/c24-4-7-1-2-8(26)21(37-7)40-18-9(27)3-10(29(35)36)14(31)20(18)42-23-17(34)19(12(6-30)39-23)41-22-13(28)16(33)15(32)11(5-25)38-22/h7-23,30-36H,1-6,24-28H2/t7-,8+,9-,10+,11-,12+,13+,14-,15+,16+,17+,18+,19+,20+,21+,22+,23-/m0/s1. The zero-order chi connectivity index (χ0) is 30.9. The fourth-order valence-corrected chi connectivity index (χ4v) is 5.82. The SMILES string of the molecule is NC[C@@H]1CC[C@@H](N)[C@@H](O[C@H]2[C@H](O[C@@H]3O[C@H](CO)[C@@H](O[C@H]4O[C@@H](CN)[C@@H](O)[C@H](O)[C@H]4N)[C@H]3O)[C@@H](O)[C@H](N(O)O)C[C@@H]2N)O1. The lowest BCUT2D eigenvalue weighted by Gasteiger charge is -2.46. The van der Waals surface area contributed by atoms with Gasteiger partial charge in [-0.15, -0.1) is 0 Å². The van der Waals surface area contributed by atoms with Crippen LogP contribution in [0.1, 0.15) is 19.3 Å². The van der Waals surface area contributed by atoms with E-state index in [-0.39, 0.29) is 30.8 Å². The van der Waals surface area contributed by atoms with Gasteiger partial charge < -0.3 is 82.6 Å². The third-order valence-corrected chi connectivity index (χ3v) is 8.37. The number of aliphatic hydroxyl groups excluding tert-OH is 5. The van der Waals surface area contributed by atoms with E-state index in [4.69, 9.17) is 57.1 Å². The highest BCUT2D eigenvalue weighted by Gasteiger charge is 2.54. The van der Waals surface area contributed by atoms with Crippen LogP contribution in [0.5, 0.6) is 0 Å². The summed E-state index contributed by atoms with van der Waals surface area (Å²) in [6.45, 7) is -0.601. The summed E-state index contributed by atoms with van der Waals surface area (Å²) in [6, 6.07) is -4.05. The molecule has 0 aromatic carbocycles. The predicted molar refractivity (Wildman–Crippen MR) is 137 cm³/mol. The molecule has 42 heavy (non-hydrogen) atoms. The molecule has 0 spiro atoms. The number of nitrogens with two attached hydrogens (primary N) is 5. The molecule has 3 saturated heterocycles. The summed E-state index contributed by atoms with van der Waals surface area (Å²) in [5, 5.41) is 71.9. The van der Waals surface area contributed by atoms with Gasteiger partial charge in [0.2, 0.25) is 0 Å². The van der Waals surface area contributed by atoms with Crippen molar-refractivity contribution < 1.29 is 64.4 Å². The first-order valence-electron chi connectivity index (χ1n) is 14.0. The van der Waals surface area contributed by atoms with Gasteiger partial charge in [-0.2, -0.15) is 0 Å². The first kappa shape index (κ1) is 34.1. The van der Waals surface area contributed by atoms with Crippen LogP contribution in [0.3, 0.4) is 0 Å². The molecular formula is C23H46N6O13. The maximum Gasteiger partial charge on any atom is 0.187 e. The van der Waals surface area contributed by atoms with E-state index in [2.05, 4.69) is 0 Å². The summed E-state index contributed by atoms with van der Waals surface area (Å²) in [5.41, 5.74) is 29.9. The molecule has 4 fully saturated rings. The molecule has 246 valence electrons. The predicted octanol–water partition coefficient (Wildman–Crippen LogP) is -6.72. The van der Waals surface area contributed by atoms with E-state index in [1.54, 1.807) is 0 Å². The molecule has 3 aliphatic heterocycles. The van der Waals surface area contributed by atoms with Gasteiger partial charge in [0.25, 0.3) is 0 Å². The normalized spacial score (nSPS) is 50.4. The molecule has 0 radical (unpaired) electrons. The van der Waals surface area contributed by atoms with Crippen molar-refractivity contribution in [2.24, 2.45) is 28.7 Å². The Morgan fingerprint density at radius 3 is 1.93 bits per heavy atom. The maximum atomic E-state index is 11.1. The monoisotopic (exact) mass is 614 g/mol. The first-order chi connectivity index (χ1) is 19.9. The van der Waals surface area contributed by atoms with E-state index >= 15 is 0 Å². The van der Waals surface area contributed by atoms with E-state index in [0.717, 1.165) is 0 Å². The average molecular weight is 615 g/mol. The number of hydrogen-bond acceptors (Lipinski definition) is 19. The molecule has 0 unspecified atom stereocenters. The fourth-order valence-electron chi connectivity index (χ4n) is 5.82. The van der Waals surface area contributed by atoms with Gasteiger partial charge in [0.05, 0.1) is 30.8 Å². The van der Waals surface area contributed by atoms with Gasteiger partial charge in [-0.3, -0.25) is 10.4 Å². The highest BCUT2D eigenvalue weighted by atomic mass is 16.8. The van der Waals surface area contributed by atoms with Crippen molar-refractivity contribution in [1.29, 1.82) is 0 Å². The van der Waals surface area contributed by atoms with Crippen molar-refractivity contribution in [2.45, 2.75) is 123 Å². The van der Waals surface area contributed by atoms with Crippen LogP contribution in [-0.2, 0) is 28.4 Å². The zero-order valence-corrected chi connectivity index (χ0v) is 23.0. The number of rotatable bonds is 10. The highest BCUT2D eigenvalue weighted by Crippen LogP contribution is 2.35. The van der Waals surface area contributed by atoms with Crippen molar-refractivity contribution in [2.75, 3.05) is 19.7 Å². The summed E-state index contributed by atoms with van der Waals surface area (Å²) >= 11 is 0. The van der Waals surface area contributed by atoms with Crippen LogP contribution in [0.2, 0.25) is 0 Å². The molecule has 17 N–H and O–H groups in total. The second kappa shape index (κ2) is 14.6. The lowest BCUT2D eigenvalue weighted by atomic mass is 9.84. The van der Waals surface area contributed by atoms with Crippen LogP contribution in [0.4, 0.5) is 0 Å². The lowest BCUT2D eigenvalue weighted by molar-refractivity contribution is -0.367. The number of aliphatic hydroxyl groups is 5. The second-order valence-corrected chi connectivity index (χ2v) is 11.2. The topological polar surface area (TPSA) is 330 Å². The Hall–Kier alpha value is -0.760. The molecule has 1 aliphatic carbocycles. The van der Waals surface area contributed by atoms with Crippen molar-refractivity contribution in [3.8, 4) is 0 Å². The van der Waals surface area contributed by atoms with E-state index in [9.17, 15) is 35.9 Å². The molecule has 19 nitrogen and oxygen atoms in total. The minimum absolute atomic E-state index is 0.132. The lowest BCUT2D eigenvalue weighted by Crippen LogP contribution is -2.66. The first-order valence-corrected chi connectivity index (χ1v) is 14.0. The fraction of sp³-hybridized carbons (Fsp3) is 1.00. The Kier molecular flexibility index (Phi) is 11.8. The number of hydrogen-bond donors (Lipinski definition) is 12. The molecule has 0 bridgehead atoms. The van der Waals surface area contributed by atoms with E-state index in [1.165, 1.54) is 0 Å². The van der Waals surface area contributed by atoms with Crippen molar-refractivity contribution in [1.82, 2.24) is 5.23 Å². The van der Waals surface area contributed by atoms with Crippen LogP contribution >= 0.6 is 0 Å². The van der Waals surface area contributed by atoms with Gasteiger partial charge in [-0.25, -0.2) is 0 Å². The van der Waals surface area contributed by atoms with Crippen LogP contribution in [-0.4, -0.2) is 165 Å². The quantitative estimate of drug-likeness (QED) is 0.102. The number of nitrogens with zero attached hydrogens (tertiary/aromatic N) is 1. The van der Waals surface area contributed by atoms with Crippen LogP contribution in [0.25, 0.3) is 0 Å². The van der Waals surface area contributed by atoms with Crippen LogP contribution < -0.4 is 28.7 Å². The third kappa shape index (κ3) is 7.05. The van der Waals surface area contributed by atoms with Crippen molar-refractivity contribution in [3.63, 3.8) is 0 Å². The molecular weight excluding hydrogens is 568 g/mol. The Morgan fingerprint density at radius 2 is 1.31 bits per heavy atom. The van der Waals surface area contributed by atoms with Crippen LogP contribution in [0.15, 0.2) is 0 Å². The van der Waals surface area contributed by atoms with E-state index in [0.29, 0.717) is 12.8 Å². The molecule has 17 atom stereocenters. The van der Waals surface area contributed by atoms with Gasteiger partial charge in [0, 0.05) is 19.1 Å². The Balaban J connectivity index is 1.52. The minimum Gasteiger partial charge on any atom is -0.394 e. The van der Waals surface area contributed by atoms with Gasteiger partial charge in [-0.1, -0.05) is 5.23 Å². The van der Waals surface area contributed by atoms with Crippen LogP contribution in [0, 0.1) is 0 Å². The average Bonchev–Trinajstić information content (AvgIpc) is 3.26. The second-order valence-electron chi connectivity index (χ2n) is 11.2. The molecule has 3 heterocycles. The summed E-state index contributed by atoms with van der Waals surface area (Å²) in [7, 11) is 0.